The van der Waals surface area contributed by atoms with E-state index in [-0.39, 0.29) is 11.3 Å². The van der Waals surface area contributed by atoms with Crippen LogP contribution in [0.15, 0.2) is 36.5 Å². The van der Waals surface area contributed by atoms with Gasteiger partial charge in [-0.25, -0.2) is 22.5 Å². The number of aromatic nitrogens is 1. The highest BCUT2D eigenvalue weighted by Crippen LogP contribution is 2.33. The van der Waals surface area contributed by atoms with Gasteiger partial charge in [-0.2, -0.15) is 13.1 Å². The van der Waals surface area contributed by atoms with Gasteiger partial charge in [-0.15, -0.1) is 0 Å². The average molecular weight is 552 g/mol. The molecule has 1 aliphatic rings. The van der Waals surface area contributed by atoms with Crippen molar-refractivity contribution in [2.75, 3.05) is 10.0 Å². The Kier molecular flexibility index (Phi) is 7.35. The smallest absolute Gasteiger partial charge is 0.300 e. The first-order valence-corrected chi connectivity index (χ1v) is 13.1. The number of benzene rings is 2. The lowest BCUT2D eigenvalue weighted by atomic mass is 9.80. The van der Waals surface area contributed by atoms with E-state index >= 15 is 13.2 Å². The summed E-state index contributed by atoms with van der Waals surface area (Å²) >= 11 is 0. The van der Waals surface area contributed by atoms with Crippen LogP contribution in [0.25, 0.3) is 0 Å². The van der Waals surface area contributed by atoms with Gasteiger partial charge in [0.2, 0.25) is 0 Å². The molecule has 8 nitrogen and oxygen atoms in total. The van der Waals surface area contributed by atoms with Gasteiger partial charge in [0.25, 0.3) is 5.91 Å². The van der Waals surface area contributed by atoms with E-state index in [0.29, 0.717) is 18.4 Å². The molecule has 0 spiro atoms. The molecule has 1 saturated carbocycles. The molecule has 1 aliphatic carbocycles. The summed E-state index contributed by atoms with van der Waals surface area (Å²) in [5.74, 6) is -6.60. The number of carbonyl (C=O) groups excluding carboxylic acids is 1. The summed E-state index contributed by atoms with van der Waals surface area (Å²) in [4.78, 5) is 15.8. The van der Waals surface area contributed by atoms with E-state index in [0.717, 1.165) is 30.8 Å². The fraction of sp³-hybridized carbons (Fsp3) is 0.280. The predicted octanol–water partition coefficient (Wildman–Crippen LogP) is 4.57. The van der Waals surface area contributed by atoms with E-state index in [1.165, 1.54) is 12.1 Å². The number of nitrogens with zero attached hydrogens (tertiary/aromatic N) is 1. The number of pyridine rings is 1. The molecule has 1 aromatic heterocycles. The number of aryl methyl sites for hydroxylation is 1. The fourth-order valence-corrected chi connectivity index (χ4v) is 5.46. The molecule has 1 amide bonds. The Morgan fingerprint density at radius 2 is 1.76 bits per heavy atom. The molecule has 1 heterocycles. The van der Waals surface area contributed by atoms with Gasteiger partial charge in [0.1, 0.15) is 5.82 Å². The number of anilines is 3. The summed E-state index contributed by atoms with van der Waals surface area (Å²) in [5.41, 5.74) is 3.25. The van der Waals surface area contributed by atoms with Crippen molar-refractivity contribution in [1.82, 2.24) is 9.71 Å². The summed E-state index contributed by atoms with van der Waals surface area (Å²) < 4.78 is 89.0. The second kappa shape index (κ2) is 10.2. The second-order valence-corrected chi connectivity index (χ2v) is 10.9. The Morgan fingerprint density at radius 1 is 1.05 bits per heavy atom. The third-order valence-corrected chi connectivity index (χ3v) is 7.57. The SMILES string of the molecule is Cc1ccc(Nc2c(C(N)=O)cc(Cc3ccnc(NS(=O)(=O)NC4(C)CCC4)c3F)c(F)c2F)c(F)c1. The molecule has 1 fully saturated rings. The highest BCUT2D eigenvalue weighted by molar-refractivity contribution is 7.90. The van der Waals surface area contributed by atoms with Crippen LogP contribution in [0, 0.1) is 30.2 Å². The Hall–Kier alpha value is -3.71. The Morgan fingerprint density at radius 3 is 2.37 bits per heavy atom. The average Bonchev–Trinajstić information content (AvgIpc) is 2.81. The van der Waals surface area contributed by atoms with Crippen molar-refractivity contribution in [3.05, 3.63) is 82.1 Å². The minimum absolute atomic E-state index is 0.217. The van der Waals surface area contributed by atoms with E-state index in [1.54, 1.807) is 13.8 Å². The summed E-state index contributed by atoms with van der Waals surface area (Å²) in [6.07, 6.45) is 2.62. The molecule has 202 valence electrons. The van der Waals surface area contributed by atoms with Crippen LogP contribution >= 0.6 is 0 Å². The zero-order valence-corrected chi connectivity index (χ0v) is 21.3. The lowest BCUT2D eigenvalue weighted by molar-refractivity contribution is 0.100. The standard InChI is InChI=1S/C25H25F4N5O3S/c1-13-4-5-18(17(26)10-13)32-22-16(23(30)35)12-15(19(27)21(22)29)11-14-6-9-31-24(20(14)28)33-38(36,37)34-25(2)7-3-8-25/h4-6,9-10,12,32,34H,3,7-8,11H2,1-2H3,(H2,30,35)(H,31,33). The lowest BCUT2D eigenvalue weighted by Gasteiger charge is -2.38. The Labute approximate surface area is 216 Å². The highest BCUT2D eigenvalue weighted by atomic mass is 32.2. The number of hydrogen-bond donors (Lipinski definition) is 4. The fourth-order valence-electron chi connectivity index (χ4n) is 4.16. The van der Waals surface area contributed by atoms with Crippen LogP contribution in [0.3, 0.4) is 0 Å². The van der Waals surface area contributed by atoms with Crippen LogP contribution in [0.2, 0.25) is 0 Å². The second-order valence-electron chi connectivity index (χ2n) is 9.49. The zero-order valence-electron chi connectivity index (χ0n) is 20.5. The molecular weight excluding hydrogens is 526 g/mol. The predicted molar refractivity (Wildman–Crippen MR) is 134 cm³/mol. The molecular formula is C25H25F4N5O3S. The van der Waals surface area contributed by atoms with E-state index in [9.17, 15) is 17.6 Å². The van der Waals surface area contributed by atoms with Crippen molar-refractivity contribution in [2.24, 2.45) is 5.73 Å². The van der Waals surface area contributed by atoms with Crippen molar-refractivity contribution in [3.63, 3.8) is 0 Å². The topological polar surface area (TPSA) is 126 Å². The largest absolute Gasteiger partial charge is 0.366 e. The molecule has 0 unspecified atom stereocenters. The van der Waals surface area contributed by atoms with Crippen LogP contribution in [0.4, 0.5) is 34.8 Å². The first kappa shape index (κ1) is 27.3. The highest BCUT2D eigenvalue weighted by Gasteiger charge is 2.36. The molecule has 5 N–H and O–H groups in total. The number of nitrogens with one attached hydrogen (secondary N) is 3. The summed E-state index contributed by atoms with van der Waals surface area (Å²) in [6, 6.07) is 6.06. The van der Waals surface area contributed by atoms with Crippen molar-refractivity contribution in [2.45, 2.75) is 45.1 Å². The van der Waals surface area contributed by atoms with Gasteiger partial charge in [-0.3, -0.25) is 9.52 Å². The first-order chi connectivity index (χ1) is 17.8. The Balaban J connectivity index is 1.65. The molecule has 2 aromatic carbocycles. The number of carbonyl (C=O) groups is 1. The number of hydrogen-bond acceptors (Lipinski definition) is 5. The molecule has 0 radical (unpaired) electrons. The summed E-state index contributed by atoms with van der Waals surface area (Å²) in [5, 5.41) is 2.37. The summed E-state index contributed by atoms with van der Waals surface area (Å²) in [6.45, 7) is 3.35. The van der Waals surface area contributed by atoms with Gasteiger partial charge in [-0.05, 0) is 74.1 Å². The van der Waals surface area contributed by atoms with Gasteiger partial charge < -0.3 is 11.1 Å². The van der Waals surface area contributed by atoms with Crippen LogP contribution in [0.1, 0.15) is 53.2 Å². The lowest BCUT2D eigenvalue weighted by Crippen LogP contribution is -2.52. The molecule has 38 heavy (non-hydrogen) atoms. The molecule has 0 aliphatic heterocycles. The molecule has 0 bridgehead atoms. The number of rotatable bonds is 9. The van der Waals surface area contributed by atoms with Gasteiger partial charge in [0.15, 0.2) is 23.3 Å². The normalized spacial score (nSPS) is 14.6. The maximum atomic E-state index is 15.2. The zero-order chi connectivity index (χ0) is 27.8. The molecule has 4 rings (SSSR count). The Bertz CT molecular complexity index is 1530. The number of amides is 1. The number of primary amides is 1. The van der Waals surface area contributed by atoms with Crippen molar-refractivity contribution in [3.8, 4) is 0 Å². The number of halogens is 4. The van der Waals surface area contributed by atoms with Gasteiger partial charge in [0.05, 0.1) is 16.9 Å². The van der Waals surface area contributed by atoms with Gasteiger partial charge in [0, 0.05) is 18.2 Å². The van der Waals surface area contributed by atoms with Crippen molar-refractivity contribution in [1.29, 1.82) is 0 Å². The van der Waals surface area contributed by atoms with Crippen LogP contribution in [-0.2, 0) is 16.6 Å². The van der Waals surface area contributed by atoms with E-state index in [4.69, 9.17) is 5.73 Å². The molecule has 3 aromatic rings. The third kappa shape index (κ3) is 5.73. The summed E-state index contributed by atoms with van der Waals surface area (Å²) in [7, 11) is -4.18. The van der Waals surface area contributed by atoms with E-state index in [2.05, 4.69) is 15.0 Å². The van der Waals surface area contributed by atoms with Gasteiger partial charge >= 0.3 is 10.2 Å². The van der Waals surface area contributed by atoms with Crippen LogP contribution in [0.5, 0.6) is 0 Å². The van der Waals surface area contributed by atoms with Crippen LogP contribution < -0.4 is 20.5 Å². The van der Waals surface area contributed by atoms with Crippen molar-refractivity contribution < 1.29 is 30.8 Å². The monoisotopic (exact) mass is 551 g/mol. The minimum Gasteiger partial charge on any atom is -0.366 e. The van der Waals surface area contributed by atoms with Crippen molar-refractivity contribution >= 4 is 33.3 Å². The molecule has 0 atom stereocenters. The maximum Gasteiger partial charge on any atom is 0.300 e. The van der Waals surface area contributed by atoms with Gasteiger partial charge in [-0.1, -0.05) is 6.07 Å². The third-order valence-electron chi connectivity index (χ3n) is 6.35. The maximum absolute atomic E-state index is 15.2. The van der Waals surface area contributed by atoms with Crippen LogP contribution in [-0.4, -0.2) is 24.8 Å². The molecule has 0 saturated heterocycles. The number of nitrogens with two attached hydrogens (primary N) is 1. The minimum atomic E-state index is -4.18. The molecule has 13 heteroatoms. The van der Waals surface area contributed by atoms with E-state index < -0.39 is 74.0 Å². The first-order valence-electron chi connectivity index (χ1n) is 11.6. The quantitative estimate of drug-likeness (QED) is 0.290. The van der Waals surface area contributed by atoms with E-state index in [1.807, 2.05) is 4.72 Å².